The van der Waals surface area contributed by atoms with Crippen molar-refractivity contribution in [3.63, 3.8) is 0 Å². The van der Waals surface area contributed by atoms with Crippen molar-refractivity contribution in [3.8, 4) is 17.2 Å². The van der Waals surface area contributed by atoms with E-state index in [0.717, 1.165) is 0 Å². The maximum Gasteiger partial charge on any atom is 0.178 e. The molecule has 2 aromatic carbocycles. The zero-order valence-electron chi connectivity index (χ0n) is 19.7. The molecule has 1 N–H and O–H groups in total. The molecule has 0 unspecified atom stereocenters. The molecule has 0 radical (unpaired) electrons. The molecular weight excluding hydrogens is 462 g/mol. The third kappa shape index (κ3) is 6.04. The molecule has 0 aliphatic rings. The lowest BCUT2D eigenvalue weighted by Crippen LogP contribution is -2.09. The normalized spacial score (nSPS) is 11.4. The van der Waals surface area contributed by atoms with Crippen LogP contribution in [-0.4, -0.2) is 71.9 Å². The number of ether oxygens (including phenoxy) is 5. The number of aromatic nitrogens is 2. The van der Waals surface area contributed by atoms with E-state index in [-0.39, 0.29) is 10.6 Å². The minimum Gasteiger partial charge on any atom is -0.495 e. The first kappa shape index (κ1) is 25.5. The van der Waals surface area contributed by atoms with Gasteiger partial charge in [-0.25, -0.2) is 18.4 Å². The van der Waals surface area contributed by atoms with Crippen molar-refractivity contribution in [2.24, 2.45) is 0 Å². The third-order valence-corrected chi connectivity index (χ3v) is 6.69. The Labute approximate surface area is 199 Å². The molecule has 0 fully saturated rings. The minimum atomic E-state index is -3.40. The first-order valence-electron chi connectivity index (χ1n) is 10.6. The van der Waals surface area contributed by atoms with Crippen molar-refractivity contribution in [2.45, 2.75) is 11.8 Å². The van der Waals surface area contributed by atoms with Crippen molar-refractivity contribution in [2.75, 3.05) is 58.8 Å². The van der Waals surface area contributed by atoms with Crippen LogP contribution in [0.15, 0.2) is 41.6 Å². The summed E-state index contributed by atoms with van der Waals surface area (Å²) < 4.78 is 52.0. The number of nitrogens with zero attached hydrogens (tertiary/aromatic N) is 2. The summed E-state index contributed by atoms with van der Waals surface area (Å²) in [6, 6.07) is 8.19. The summed E-state index contributed by atoms with van der Waals surface area (Å²) in [5.74, 6) is 1.92. The smallest absolute Gasteiger partial charge is 0.178 e. The lowest BCUT2D eigenvalue weighted by atomic mass is 10.2. The molecule has 1 aromatic heterocycles. The van der Waals surface area contributed by atoms with Crippen molar-refractivity contribution in [3.05, 3.63) is 36.7 Å². The van der Waals surface area contributed by atoms with Gasteiger partial charge in [-0.2, -0.15) is 0 Å². The van der Waals surface area contributed by atoms with Crippen molar-refractivity contribution in [1.29, 1.82) is 0 Å². The van der Waals surface area contributed by atoms with Crippen LogP contribution in [0.25, 0.3) is 10.9 Å². The van der Waals surface area contributed by atoms with Crippen LogP contribution in [0.5, 0.6) is 17.2 Å². The van der Waals surface area contributed by atoms with Gasteiger partial charge in [-0.05, 0) is 24.3 Å². The van der Waals surface area contributed by atoms with E-state index in [2.05, 4.69) is 15.3 Å². The van der Waals surface area contributed by atoms with Gasteiger partial charge in [0.05, 0.1) is 42.2 Å². The zero-order chi connectivity index (χ0) is 24.6. The van der Waals surface area contributed by atoms with Crippen LogP contribution >= 0.6 is 0 Å². The lowest BCUT2D eigenvalue weighted by molar-refractivity contribution is 0.132. The maximum atomic E-state index is 12.4. The predicted molar refractivity (Wildman–Crippen MR) is 128 cm³/mol. The zero-order valence-corrected chi connectivity index (χ0v) is 20.5. The van der Waals surface area contributed by atoms with Gasteiger partial charge in [0, 0.05) is 25.7 Å². The van der Waals surface area contributed by atoms with Gasteiger partial charge in [0.2, 0.25) is 0 Å². The van der Waals surface area contributed by atoms with E-state index in [4.69, 9.17) is 23.7 Å². The Morgan fingerprint density at radius 3 is 2.15 bits per heavy atom. The van der Waals surface area contributed by atoms with Crippen LogP contribution < -0.4 is 19.5 Å². The highest BCUT2D eigenvalue weighted by atomic mass is 32.2. The molecule has 0 aliphatic heterocycles. The summed E-state index contributed by atoms with van der Waals surface area (Å²) in [5.41, 5.74) is 1.07. The van der Waals surface area contributed by atoms with E-state index in [9.17, 15) is 8.42 Å². The first-order chi connectivity index (χ1) is 16.4. The molecule has 0 saturated heterocycles. The Morgan fingerprint density at radius 1 is 0.853 bits per heavy atom. The second-order valence-electron chi connectivity index (χ2n) is 7.11. The van der Waals surface area contributed by atoms with Crippen molar-refractivity contribution < 1.29 is 32.1 Å². The van der Waals surface area contributed by atoms with Gasteiger partial charge in [0.1, 0.15) is 31.1 Å². The van der Waals surface area contributed by atoms with Gasteiger partial charge in [0.25, 0.3) is 0 Å². The summed E-state index contributed by atoms with van der Waals surface area (Å²) in [5, 5.41) is 3.84. The number of benzene rings is 2. The number of rotatable bonds is 13. The largest absolute Gasteiger partial charge is 0.495 e. The van der Waals surface area contributed by atoms with E-state index < -0.39 is 9.84 Å². The summed E-state index contributed by atoms with van der Waals surface area (Å²) in [4.78, 5) is 8.91. The van der Waals surface area contributed by atoms with Gasteiger partial charge >= 0.3 is 0 Å². The van der Waals surface area contributed by atoms with E-state index in [0.29, 0.717) is 66.1 Å². The quantitative estimate of drug-likeness (QED) is 0.357. The van der Waals surface area contributed by atoms with Gasteiger partial charge in [-0.1, -0.05) is 6.92 Å². The SMILES string of the molecule is CCS(=O)(=O)c1ccc(OC)c(Nc2ncnc3cc(OCCOC)c(OCCOC)cc23)c1. The van der Waals surface area contributed by atoms with Crippen LogP contribution in [0.4, 0.5) is 11.5 Å². The number of methoxy groups -OCH3 is 3. The average Bonchev–Trinajstić information content (AvgIpc) is 2.84. The van der Waals surface area contributed by atoms with E-state index in [1.54, 1.807) is 39.3 Å². The molecule has 0 amide bonds. The third-order valence-electron chi connectivity index (χ3n) is 4.95. The molecule has 3 rings (SSSR count). The van der Waals surface area contributed by atoms with E-state index >= 15 is 0 Å². The van der Waals surface area contributed by atoms with Crippen molar-refractivity contribution in [1.82, 2.24) is 9.97 Å². The Balaban J connectivity index is 2.04. The molecule has 0 spiro atoms. The highest BCUT2D eigenvalue weighted by Crippen LogP contribution is 2.37. The van der Waals surface area contributed by atoms with E-state index in [1.807, 2.05) is 0 Å². The molecule has 184 valence electrons. The molecule has 11 heteroatoms. The maximum absolute atomic E-state index is 12.4. The number of fused-ring (bicyclic) bond motifs is 1. The fourth-order valence-electron chi connectivity index (χ4n) is 3.13. The summed E-state index contributed by atoms with van der Waals surface area (Å²) in [7, 11) is 1.30. The topological polar surface area (TPSA) is 118 Å². The Hall–Kier alpha value is -3.15. The summed E-state index contributed by atoms with van der Waals surface area (Å²) in [6.45, 7) is 3.09. The molecule has 34 heavy (non-hydrogen) atoms. The molecule has 0 saturated carbocycles. The fraction of sp³-hybridized carbons (Fsp3) is 0.391. The van der Waals surface area contributed by atoms with Crippen LogP contribution in [0.3, 0.4) is 0 Å². The monoisotopic (exact) mass is 491 g/mol. The van der Waals surface area contributed by atoms with Crippen LogP contribution in [0.2, 0.25) is 0 Å². The average molecular weight is 492 g/mol. The lowest BCUT2D eigenvalue weighted by Gasteiger charge is -2.16. The van der Waals surface area contributed by atoms with E-state index in [1.165, 1.54) is 25.6 Å². The van der Waals surface area contributed by atoms with Crippen LogP contribution in [0.1, 0.15) is 6.92 Å². The first-order valence-corrected chi connectivity index (χ1v) is 12.3. The summed E-state index contributed by atoms with van der Waals surface area (Å²) in [6.07, 6.45) is 1.41. The molecular formula is C23H29N3O7S. The highest BCUT2D eigenvalue weighted by Gasteiger charge is 2.17. The number of hydrogen-bond acceptors (Lipinski definition) is 10. The standard InChI is InChI=1S/C23H29N3O7S/c1-5-34(27,28)16-6-7-20(31-4)19(12-16)26-23-17-13-21(32-10-8-29-2)22(33-11-9-30-3)14-18(17)24-15-25-23/h6-7,12-15H,5,8-11H2,1-4H3,(H,24,25,26). The second kappa shape index (κ2) is 11.8. The minimum absolute atomic E-state index is 0.0107. The second-order valence-corrected chi connectivity index (χ2v) is 9.39. The Morgan fingerprint density at radius 2 is 1.53 bits per heavy atom. The Bertz CT molecular complexity index is 1220. The Kier molecular flexibility index (Phi) is 8.85. The summed E-state index contributed by atoms with van der Waals surface area (Å²) >= 11 is 0. The van der Waals surface area contributed by atoms with Gasteiger partial charge < -0.3 is 29.0 Å². The molecule has 0 atom stereocenters. The number of nitrogens with one attached hydrogen (secondary N) is 1. The number of sulfone groups is 1. The molecule has 0 bridgehead atoms. The van der Waals surface area contributed by atoms with Gasteiger partial charge in [-0.3, -0.25) is 0 Å². The van der Waals surface area contributed by atoms with Crippen LogP contribution in [-0.2, 0) is 19.3 Å². The number of anilines is 2. The predicted octanol–water partition coefficient (Wildman–Crippen LogP) is 3.23. The van der Waals surface area contributed by atoms with Gasteiger partial charge in [-0.15, -0.1) is 0 Å². The highest BCUT2D eigenvalue weighted by molar-refractivity contribution is 7.91. The van der Waals surface area contributed by atoms with Crippen LogP contribution in [0, 0.1) is 0 Å². The van der Waals surface area contributed by atoms with Crippen molar-refractivity contribution >= 4 is 32.2 Å². The molecule has 10 nitrogen and oxygen atoms in total. The fourth-order valence-corrected chi connectivity index (χ4v) is 4.04. The molecule has 0 aliphatic carbocycles. The molecule has 1 heterocycles. The number of hydrogen-bond donors (Lipinski definition) is 1. The molecule has 3 aromatic rings. The van der Waals surface area contributed by atoms with Gasteiger partial charge in [0.15, 0.2) is 21.3 Å².